The molecule has 1 heterocycles. The van der Waals surface area contributed by atoms with E-state index in [4.69, 9.17) is 19.9 Å². The summed E-state index contributed by atoms with van der Waals surface area (Å²) in [5.41, 5.74) is 6.13. The van der Waals surface area contributed by atoms with Crippen molar-refractivity contribution in [2.75, 3.05) is 13.2 Å². The van der Waals surface area contributed by atoms with Crippen LogP contribution in [0.2, 0.25) is 0 Å². The number of thioether (sulfide) groups is 1. The Morgan fingerprint density at radius 1 is 1.13 bits per heavy atom. The number of pyridine rings is 1. The quantitative estimate of drug-likeness (QED) is 0.315. The number of hydrogen-bond acceptors (Lipinski definition) is 9. The molecule has 0 fully saturated rings. The second kappa shape index (κ2) is 11.9. The maximum Gasteiger partial charge on any atom is 0.333 e. The summed E-state index contributed by atoms with van der Waals surface area (Å²) < 4.78 is 14.1. The highest BCUT2D eigenvalue weighted by atomic mass is 32.2. The summed E-state index contributed by atoms with van der Waals surface area (Å²) in [4.78, 5) is 42.1. The van der Waals surface area contributed by atoms with Gasteiger partial charge in [-0.05, 0) is 59.1 Å². The average molecular weight is 441 g/mol. The lowest BCUT2D eigenvalue weighted by atomic mass is 9.98. The van der Waals surface area contributed by atoms with E-state index < -0.39 is 34.3 Å². The Balaban J connectivity index is 3.10. The lowest BCUT2D eigenvalue weighted by Crippen LogP contribution is -2.48. The van der Waals surface area contributed by atoms with Crippen LogP contribution in [0, 0.1) is 0 Å². The molecule has 0 aromatic carbocycles. The van der Waals surface area contributed by atoms with Crippen molar-refractivity contribution in [1.82, 2.24) is 4.98 Å². The second-order valence-corrected chi connectivity index (χ2v) is 8.87. The van der Waals surface area contributed by atoms with Crippen LogP contribution in [-0.4, -0.2) is 52.5 Å². The number of ether oxygens (including phenoxy) is 3. The predicted molar refractivity (Wildman–Crippen MR) is 115 cm³/mol. The number of carbonyl (C=O) groups excluding carboxylic acids is 3. The van der Waals surface area contributed by atoms with E-state index in [1.165, 1.54) is 0 Å². The zero-order valence-electron chi connectivity index (χ0n) is 18.3. The lowest BCUT2D eigenvalue weighted by Gasteiger charge is -2.30. The molecule has 30 heavy (non-hydrogen) atoms. The van der Waals surface area contributed by atoms with Crippen molar-refractivity contribution in [2.24, 2.45) is 5.73 Å². The molecule has 0 aliphatic heterocycles. The summed E-state index contributed by atoms with van der Waals surface area (Å²) in [5, 5.41) is 0. The van der Waals surface area contributed by atoms with E-state index in [0.29, 0.717) is 5.75 Å². The topological polar surface area (TPSA) is 118 Å². The van der Waals surface area contributed by atoms with Crippen molar-refractivity contribution in [3.8, 4) is 0 Å². The molecule has 1 unspecified atom stereocenters. The fraction of sp³-hybridized carbons (Fsp3) is 0.619. The number of carbonyl (C=O) groups is 3. The highest BCUT2D eigenvalue weighted by molar-refractivity contribution is 8.01. The Kier molecular flexibility index (Phi) is 10.3. The van der Waals surface area contributed by atoms with Crippen molar-refractivity contribution in [3.63, 3.8) is 0 Å². The van der Waals surface area contributed by atoms with E-state index in [9.17, 15) is 14.4 Å². The smallest absolute Gasteiger partial charge is 0.333 e. The maximum absolute atomic E-state index is 12.9. The van der Waals surface area contributed by atoms with Crippen molar-refractivity contribution in [2.45, 2.75) is 69.6 Å². The van der Waals surface area contributed by atoms with Crippen LogP contribution in [-0.2, 0) is 34.3 Å². The van der Waals surface area contributed by atoms with Gasteiger partial charge in [0, 0.05) is 18.1 Å². The first-order valence-electron chi connectivity index (χ1n) is 9.91. The zero-order valence-corrected chi connectivity index (χ0v) is 19.1. The number of nitrogens with zero attached hydrogens (tertiary/aromatic N) is 1. The van der Waals surface area contributed by atoms with Gasteiger partial charge in [0.1, 0.15) is 11.6 Å². The summed E-state index contributed by atoms with van der Waals surface area (Å²) in [6, 6.07) is 2.62. The normalized spacial score (nSPS) is 12.7. The zero-order chi connectivity index (χ0) is 22.8. The molecule has 0 saturated carbocycles. The number of hydrogen-bond donors (Lipinski definition) is 1. The minimum Gasteiger partial charge on any atom is -0.465 e. The van der Waals surface area contributed by atoms with Crippen molar-refractivity contribution in [1.29, 1.82) is 0 Å². The Labute approximate surface area is 182 Å². The fourth-order valence-corrected chi connectivity index (χ4v) is 3.72. The van der Waals surface area contributed by atoms with Gasteiger partial charge in [0.2, 0.25) is 4.75 Å². The standard InChI is InChI=1S/C21H32N2O6S/c1-6-27-18(25)21(19(26)28-7-2,30-14-15-9-8-12-23-13-15)11-10-16(22)17(24)29-20(3,4)5/h8-9,12-13,16H,6-7,10-11,14,22H2,1-5H3. The van der Waals surface area contributed by atoms with Gasteiger partial charge < -0.3 is 19.9 Å². The molecular formula is C21H32N2O6S. The number of nitrogens with two attached hydrogens (primary N) is 1. The summed E-state index contributed by atoms with van der Waals surface area (Å²) >= 11 is 1.09. The largest absolute Gasteiger partial charge is 0.465 e. The highest BCUT2D eigenvalue weighted by Crippen LogP contribution is 2.36. The number of rotatable bonds is 11. The van der Waals surface area contributed by atoms with E-state index in [1.807, 2.05) is 6.07 Å². The van der Waals surface area contributed by atoms with Crippen LogP contribution in [0.25, 0.3) is 0 Å². The molecule has 9 heteroatoms. The van der Waals surface area contributed by atoms with E-state index >= 15 is 0 Å². The molecule has 0 aliphatic carbocycles. The van der Waals surface area contributed by atoms with Crippen molar-refractivity contribution in [3.05, 3.63) is 30.1 Å². The molecule has 0 saturated heterocycles. The van der Waals surface area contributed by atoms with Crippen LogP contribution < -0.4 is 5.73 Å². The molecule has 1 aromatic heterocycles. The van der Waals surface area contributed by atoms with Gasteiger partial charge in [0.15, 0.2) is 0 Å². The minimum atomic E-state index is -1.65. The van der Waals surface area contributed by atoms with Crippen LogP contribution in [0.5, 0.6) is 0 Å². The van der Waals surface area contributed by atoms with Gasteiger partial charge in [-0.3, -0.25) is 9.78 Å². The van der Waals surface area contributed by atoms with E-state index in [2.05, 4.69) is 4.98 Å². The van der Waals surface area contributed by atoms with Gasteiger partial charge in [-0.1, -0.05) is 6.07 Å². The Hall–Kier alpha value is -2.13. The molecule has 168 valence electrons. The van der Waals surface area contributed by atoms with E-state index in [-0.39, 0.29) is 26.1 Å². The third-order valence-electron chi connectivity index (χ3n) is 3.94. The Bertz CT molecular complexity index is 687. The Morgan fingerprint density at radius 3 is 2.20 bits per heavy atom. The summed E-state index contributed by atoms with van der Waals surface area (Å²) in [7, 11) is 0. The minimum absolute atomic E-state index is 0.0317. The summed E-state index contributed by atoms with van der Waals surface area (Å²) in [6.07, 6.45) is 3.31. The third kappa shape index (κ3) is 7.95. The molecular weight excluding hydrogens is 408 g/mol. The van der Waals surface area contributed by atoms with Gasteiger partial charge in [-0.2, -0.15) is 0 Å². The van der Waals surface area contributed by atoms with Crippen molar-refractivity contribution >= 4 is 29.7 Å². The van der Waals surface area contributed by atoms with E-state index in [0.717, 1.165) is 17.3 Å². The van der Waals surface area contributed by atoms with Gasteiger partial charge in [0.25, 0.3) is 0 Å². The van der Waals surface area contributed by atoms with Crippen LogP contribution >= 0.6 is 11.8 Å². The first kappa shape index (κ1) is 25.9. The maximum atomic E-state index is 12.9. The van der Waals surface area contributed by atoms with Gasteiger partial charge in [-0.15, -0.1) is 11.8 Å². The molecule has 0 spiro atoms. The molecule has 1 atom stereocenters. The number of esters is 3. The van der Waals surface area contributed by atoms with Gasteiger partial charge in [0.05, 0.1) is 13.2 Å². The SMILES string of the molecule is CCOC(=O)C(CCC(N)C(=O)OC(C)(C)C)(SCc1cccnc1)C(=O)OCC. The average Bonchev–Trinajstić information content (AvgIpc) is 2.67. The van der Waals surface area contributed by atoms with E-state index in [1.54, 1.807) is 53.1 Å². The molecule has 8 nitrogen and oxygen atoms in total. The lowest BCUT2D eigenvalue weighted by molar-refractivity contribution is -0.161. The molecule has 0 bridgehead atoms. The summed E-state index contributed by atoms with van der Waals surface area (Å²) in [5.74, 6) is -1.70. The van der Waals surface area contributed by atoms with Crippen LogP contribution in [0.4, 0.5) is 0 Å². The monoisotopic (exact) mass is 440 g/mol. The summed E-state index contributed by atoms with van der Waals surface area (Å²) in [6.45, 7) is 8.74. The molecule has 0 radical (unpaired) electrons. The Morgan fingerprint density at radius 2 is 1.73 bits per heavy atom. The predicted octanol–water partition coefficient (Wildman–Crippen LogP) is 2.63. The second-order valence-electron chi connectivity index (χ2n) is 7.60. The van der Waals surface area contributed by atoms with Gasteiger partial charge in [-0.25, -0.2) is 9.59 Å². The van der Waals surface area contributed by atoms with Crippen molar-refractivity contribution < 1.29 is 28.6 Å². The third-order valence-corrected chi connectivity index (χ3v) is 5.44. The van der Waals surface area contributed by atoms with Gasteiger partial charge >= 0.3 is 17.9 Å². The van der Waals surface area contributed by atoms with Crippen LogP contribution in [0.1, 0.15) is 53.0 Å². The molecule has 1 rings (SSSR count). The fourth-order valence-electron chi connectivity index (χ4n) is 2.52. The molecule has 1 aromatic rings. The number of aromatic nitrogens is 1. The van der Waals surface area contributed by atoms with Crippen LogP contribution in [0.3, 0.4) is 0 Å². The molecule has 0 aliphatic rings. The highest BCUT2D eigenvalue weighted by Gasteiger charge is 2.49. The molecule has 0 amide bonds. The van der Waals surface area contributed by atoms with Crippen LogP contribution in [0.15, 0.2) is 24.5 Å². The first-order chi connectivity index (χ1) is 14.1. The molecule has 2 N–H and O–H groups in total. The first-order valence-corrected chi connectivity index (χ1v) is 10.9.